The first kappa shape index (κ1) is 12.7. The van der Waals surface area contributed by atoms with Crippen LogP contribution in [-0.2, 0) is 5.54 Å². The van der Waals surface area contributed by atoms with Gasteiger partial charge in [-0.25, -0.2) is 0 Å². The molecular formula is C17H17NO2. The average molecular weight is 267 g/mol. The Labute approximate surface area is 118 Å². The average Bonchev–Trinajstić information content (AvgIpc) is 3.29. The topological polar surface area (TPSA) is 38.3 Å². The monoisotopic (exact) mass is 267 g/mol. The van der Waals surface area contributed by atoms with Gasteiger partial charge in [-0.1, -0.05) is 36.4 Å². The fraction of sp³-hybridized carbons (Fsp3) is 0.235. The van der Waals surface area contributed by atoms with Gasteiger partial charge in [0, 0.05) is 5.56 Å². The van der Waals surface area contributed by atoms with E-state index in [1.54, 1.807) is 19.2 Å². The van der Waals surface area contributed by atoms with Crippen LogP contribution in [0.2, 0.25) is 0 Å². The minimum Gasteiger partial charge on any atom is -0.497 e. The normalized spacial score (nSPS) is 15.4. The van der Waals surface area contributed by atoms with Crippen molar-refractivity contribution in [2.45, 2.75) is 18.4 Å². The zero-order valence-electron chi connectivity index (χ0n) is 11.4. The van der Waals surface area contributed by atoms with E-state index < -0.39 is 0 Å². The van der Waals surface area contributed by atoms with E-state index in [-0.39, 0.29) is 11.4 Å². The molecule has 3 nitrogen and oxygen atoms in total. The van der Waals surface area contributed by atoms with E-state index in [4.69, 9.17) is 4.74 Å². The van der Waals surface area contributed by atoms with Crippen LogP contribution >= 0.6 is 0 Å². The summed E-state index contributed by atoms with van der Waals surface area (Å²) in [7, 11) is 1.60. The van der Waals surface area contributed by atoms with Crippen molar-refractivity contribution in [2.75, 3.05) is 7.11 Å². The smallest absolute Gasteiger partial charge is 0.252 e. The van der Waals surface area contributed by atoms with Crippen molar-refractivity contribution >= 4 is 5.91 Å². The number of benzene rings is 2. The number of rotatable bonds is 4. The van der Waals surface area contributed by atoms with Crippen molar-refractivity contribution in [2.24, 2.45) is 0 Å². The molecule has 2 aromatic carbocycles. The maximum absolute atomic E-state index is 12.4. The van der Waals surface area contributed by atoms with Crippen LogP contribution in [-0.4, -0.2) is 13.0 Å². The first-order valence-corrected chi connectivity index (χ1v) is 6.76. The molecule has 0 saturated heterocycles. The number of nitrogens with one attached hydrogen (secondary N) is 1. The lowest BCUT2D eigenvalue weighted by molar-refractivity contribution is 0.0930. The zero-order valence-corrected chi connectivity index (χ0v) is 11.4. The van der Waals surface area contributed by atoms with Crippen molar-refractivity contribution in [3.8, 4) is 5.75 Å². The minimum absolute atomic E-state index is 0.0507. The molecule has 0 spiro atoms. The van der Waals surface area contributed by atoms with Crippen LogP contribution < -0.4 is 10.1 Å². The van der Waals surface area contributed by atoms with E-state index in [0.717, 1.165) is 12.8 Å². The Hall–Kier alpha value is -2.29. The van der Waals surface area contributed by atoms with Crippen molar-refractivity contribution in [3.63, 3.8) is 0 Å². The van der Waals surface area contributed by atoms with Gasteiger partial charge in [0.15, 0.2) is 0 Å². The molecule has 1 amide bonds. The van der Waals surface area contributed by atoms with E-state index in [1.807, 2.05) is 30.3 Å². The second-order valence-corrected chi connectivity index (χ2v) is 5.13. The van der Waals surface area contributed by atoms with Crippen LogP contribution in [0, 0.1) is 0 Å². The lowest BCUT2D eigenvalue weighted by Gasteiger charge is -2.18. The fourth-order valence-electron chi connectivity index (χ4n) is 2.42. The Morgan fingerprint density at radius 3 is 2.50 bits per heavy atom. The molecule has 1 aliphatic carbocycles. The van der Waals surface area contributed by atoms with Crippen LogP contribution in [0.3, 0.4) is 0 Å². The molecular weight excluding hydrogens is 250 g/mol. The molecule has 2 aromatic rings. The van der Waals surface area contributed by atoms with Gasteiger partial charge in [0.25, 0.3) is 5.91 Å². The second kappa shape index (κ2) is 5.00. The Balaban J connectivity index is 1.79. The molecule has 3 rings (SSSR count). The number of ether oxygens (including phenoxy) is 1. The third-order valence-corrected chi connectivity index (χ3v) is 3.76. The number of carbonyl (C=O) groups is 1. The number of methoxy groups -OCH3 is 1. The summed E-state index contributed by atoms with van der Waals surface area (Å²) in [6, 6.07) is 17.4. The van der Waals surface area contributed by atoms with Gasteiger partial charge in [-0.2, -0.15) is 0 Å². The van der Waals surface area contributed by atoms with Gasteiger partial charge in [0.1, 0.15) is 5.75 Å². The first-order valence-electron chi connectivity index (χ1n) is 6.76. The standard InChI is InChI=1S/C17H17NO2/c1-20-15-9-5-6-13(12-15)16(19)18-17(10-11-17)14-7-3-2-4-8-14/h2-9,12H,10-11H2,1H3,(H,18,19). The van der Waals surface area contributed by atoms with Crippen molar-refractivity contribution in [1.29, 1.82) is 0 Å². The Kier molecular flexibility index (Phi) is 3.18. The highest BCUT2D eigenvalue weighted by Crippen LogP contribution is 2.45. The predicted octanol–water partition coefficient (Wildman–Crippen LogP) is 3.11. The van der Waals surface area contributed by atoms with Gasteiger partial charge in [-0.3, -0.25) is 4.79 Å². The number of amides is 1. The molecule has 3 heteroatoms. The van der Waals surface area contributed by atoms with E-state index >= 15 is 0 Å². The minimum atomic E-state index is -0.179. The molecule has 0 aliphatic heterocycles. The summed E-state index contributed by atoms with van der Waals surface area (Å²) < 4.78 is 5.16. The highest BCUT2D eigenvalue weighted by Gasteiger charge is 2.45. The molecule has 0 atom stereocenters. The van der Waals surface area contributed by atoms with Crippen molar-refractivity contribution in [1.82, 2.24) is 5.32 Å². The van der Waals surface area contributed by atoms with Crippen molar-refractivity contribution in [3.05, 3.63) is 65.7 Å². The molecule has 0 unspecified atom stereocenters. The van der Waals surface area contributed by atoms with E-state index in [1.165, 1.54) is 5.56 Å². The summed E-state index contributed by atoms with van der Waals surface area (Å²) >= 11 is 0. The van der Waals surface area contributed by atoms with Crippen LogP contribution in [0.1, 0.15) is 28.8 Å². The van der Waals surface area contributed by atoms with Gasteiger partial charge in [0.2, 0.25) is 0 Å². The highest BCUT2D eigenvalue weighted by molar-refractivity contribution is 5.95. The van der Waals surface area contributed by atoms with Gasteiger partial charge in [-0.15, -0.1) is 0 Å². The largest absolute Gasteiger partial charge is 0.497 e. The lowest BCUT2D eigenvalue weighted by Crippen LogP contribution is -2.34. The van der Waals surface area contributed by atoms with Crippen LogP contribution in [0.15, 0.2) is 54.6 Å². The molecule has 0 aromatic heterocycles. The van der Waals surface area contributed by atoms with E-state index in [0.29, 0.717) is 11.3 Å². The number of hydrogen-bond donors (Lipinski definition) is 1. The maximum atomic E-state index is 12.4. The summed E-state index contributed by atoms with van der Waals surface area (Å²) in [6.07, 6.45) is 1.99. The number of carbonyl (C=O) groups excluding carboxylic acids is 1. The van der Waals surface area contributed by atoms with Crippen LogP contribution in [0.25, 0.3) is 0 Å². The maximum Gasteiger partial charge on any atom is 0.252 e. The quantitative estimate of drug-likeness (QED) is 0.924. The molecule has 1 saturated carbocycles. The summed E-state index contributed by atoms with van der Waals surface area (Å²) in [6.45, 7) is 0. The van der Waals surface area contributed by atoms with Gasteiger partial charge in [-0.05, 0) is 36.6 Å². The SMILES string of the molecule is COc1cccc(C(=O)NC2(c3ccccc3)CC2)c1. The predicted molar refractivity (Wildman–Crippen MR) is 77.8 cm³/mol. The van der Waals surface area contributed by atoms with Crippen LogP contribution in [0.4, 0.5) is 0 Å². The second-order valence-electron chi connectivity index (χ2n) is 5.13. The van der Waals surface area contributed by atoms with Crippen molar-refractivity contribution < 1.29 is 9.53 Å². The lowest BCUT2D eigenvalue weighted by atomic mass is 10.0. The summed E-state index contributed by atoms with van der Waals surface area (Å²) in [5, 5.41) is 3.16. The first-order chi connectivity index (χ1) is 9.73. The Bertz CT molecular complexity index is 618. The molecule has 0 bridgehead atoms. The Morgan fingerprint density at radius 1 is 1.10 bits per heavy atom. The Morgan fingerprint density at radius 2 is 1.85 bits per heavy atom. The highest BCUT2D eigenvalue weighted by atomic mass is 16.5. The molecule has 20 heavy (non-hydrogen) atoms. The molecule has 1 N–H and O–H groups in total. The van der Waals surface area contributed by atoms with Crippen LogP contribution in [0.5, 0.6) is 5.75 Å². The molecule has 0 heterocycles. The van der Waals surface area contributed by atoms with Gasteiger partial charge < -0.3 is 10.1 Å². The van der Waals surface area contributed by atoms with Gasteiger partial charge in [0.05, 0.1) is 12.6 Å². The third kappa shape index (κ3) is 2.39. The summed E-state index contributed by atoms with van der Waals surface area (Å²) in [5.41, 5.74) is 1.63. The van der Waals surface area contributed by atoms with Gasteiger partial charge >= 0.3 is 0 Å². The van der Waals surface area contributed by atoms with E-state index in [2.05, 4.69) is 17.4 Å². The molecule has 0 radical (unpaired) electrons. The molecule has 102 valence electrons. The molecule has 1 fully saturated rings. The van der Waals surface area contributed by atoms with E-state index in [9.17, 15) is 4.79 Å². The third-order valence-electron chi connectivity index (χ3n) is 3.76. The zero-order chi connectivity index (χ0) is 14.0. The number of hydrogen-bond acceptors (Lipinski definition) is 2. The fourth-order valence-corrected chi connectivity index (χ4v) is 2.42. The summed E-state index contributed by atoms with van der Waals surface area (Å²) in [5.74, 6) is 0.646. The molecule has 1 aliphatic rings. The summed E-state index contributed by atoms with van der Waals surface area (Å²) in [4.78, 5) is 12.4.